The molecule has 0 amide bonds. The second kappa shape index (κ2) is 7.21. The second-order valence-electron chi connectivity index (χ2n) is 4.84. The summed E-state index contributed by atoms with van der Waals surface area (Å²) in [6, 6.07) is 13.1. The molecule has 2 aromatic rings. The first kappa shape index (κ1) is 15.5. The molecular weight excluding hydrogens is 284 g/mol. The zero-order valence-corrected chi connectivity index (χ0v) is 11.9. The van der Waals surface area contributed by atoms with Crippen LogP contribution in [0.3, 0.4) is 0 Å². The van der Waals surface area contributed by atoms with E-state index in [9.17, 15) is 14.9 Å². The van der Waals surface area contributed by atoms with E-state index in [-0.39, 0.29) is 11.3 Å². The van der Waals surface area contributed by atoms with E-state index in [0.29, 0.717) is 0 Å². The number of aryl methyl sites for hydroxylation is 1. The number of nitro benzene ring substituents is 1. The minimum absolute atomic E-state index is 0.0976. The minimum atomic E-state index is -0.940. The van der Waals surface area contributed by atoms with Crippen molar-refractivity contribution < 1.29 is 14.8 Å². The number of hydrogen-bond donors (Lipinski definition) is 2. The highest BCUT2D eigenvalue weighted by atomic mass is 16.6. The summed E-state index contributed by atoms with van der Waals surface area (Å²) in [4.78, 5) is 20.9. The second-order valence-corrected chi connectivity index (χ2v) is 4.84. The van der Waals surface area contributed by atoms with Gasteiger partial charge < -0.3 is 10.4 Å². The topological polar surface area (TPSA) is 92.5 Å². The number of carbonyl (C=O) groups is 1. The van der Waals surface area contributed by atoms with Crippen LogP contribution in [0.1, 0.15) is 22.3 Å². The molecule has 0 radical (unpaired) electrons. The fourth-order valence-electron chi connectivity index (χ4n) is 2.04. The van der Waals surface area contributed by atoms with E-state index < -0.39 is 10.9 Å². The Bertz CT molecular complexity index is 591. The van der Waals surface area contributed by atoms with E-state index in [1.807, 2.05) is 0 Å². The van der Waals surface area contributed by atoms with Gasteiger partial charge in [-0.15, -0.1) is 0 Å². The van der Waals surface area contributed by atoms with E-state index in [2.05, 4.69) is 5.32 Å². The van der Waals surface area contributed by atoms with Gasteiger partial charge in [0.15, 0.2) is 0 Å². The fraction of sp³-hybridized carbons (Fsp3) is 0.188. The standard InChI is InChI=1S/C16H16N2O4/c19-16(20)13-5-7-14(8-6-13)17-11-1-2-12-3-9-15(10-4-12)18(21)22/h3-10,17H,1-2,11H2,(H,19,20). The summed E-state index contributed by atoms with van der Waals surface area (Å²) in [7, 11) is 0. The number of benzene rings is 2. The molecule has 22 heavy (non-hydrogen) atoms. The lowest BCUT2D eigenvalue weighted by Crippen LogP contribution is -2.03. The Labute approximate surface area is 127 Å². The predicted octanol–water partition coefficient (Wildman–Crippen LogP) is 3.34. The van der Waals surface area contributed by atoms with Crippen molar-refractivity contribution in [3.63, 3.8) is 0 Å². The van der Waals surface area contributed by atoms with E-state index in [4.69, 9.17) is 5.11 Å². The Morgan fingerprint density at radius 3 is 2.27 bits per heavy atom. The van der Waals surface area contributed by atoms with Gasteiger partial charge in [-0.05, 0) is 42.7 Å². The van der Waals surface area contributed by atoms with Gasteiger partial charge in [0, 0.05) is 24.4 Å². The van der Waals surface area contributed by atoms with Gasteiger partial charge >= 0.3 is 5.97 Å². The lowest BCUT2D eigenvalue weighted by Gasteiger charge is -2.06. The third kappa shape index (κ3) is 4.31. The summed E-state index contributed by atoms with van der Waals surface area (Å²) in [5, 5.41) is 22.6. The van der Waals surface area contributed by atoms with Crippen LogP contribution < -0.4 is 5.32 Å². The van der Waals surface area contributed by atoms with Crippen LogP contribution in [0, 0.1) is 10.1 Å². The number of anilines is 1. The molecule has 0 aliphatic carbocycles. The van der Waals surface area contributed by atoms with Crippen molar-refractivity contribution in [2.75, 3.05) is 11.9 Å². The largest absolute Gasteiger partial charge is 0.478 e. The van der Waals surface area contributed by atoms with E-state index in [0.717, 1.165) is 30.6 Å². The first-order valence-electron chi connectivity index (χ1n) is 6.87. The lowest BCUT2D eigenvalue weighted by molar-refractivity contribution is -0.384. The van der Waals surface area contributed by atoms with Crippen molar-refractivity contribution in [1.82, 2.24) is 0 Å². The Hall–Kier alpha value is -2.89. The number of nitro groups is 1. The third-order valence-electron chi connectivity index (χ3n) is 3.25. The number of aromatic carboxylic acids is 1. The van der Waals surface area contributed by atoms with Gasteiger partial charge in [-0.25, -0.2) is 4.79 Å². The molecule has 0 aliphatic rings. The normalized spacial score (nSPS) is 10.2. The van der Waals surface area contributed by atoms with Crippen LogP contribution in [0.2, 0.25) is 0 Å². The van der Waals surface area contributed by atoms with E-state index in [1.165, 1.54) is 12.1 Å². The molecule has 0 unspecified atom stereocenters. The van der Waals surface area contributed by atoms with E-state index in [1.54, 1.807) is 36.4 Å². The van der Waals surface area contributed by atoms with Gasteiger partial charge in [0.05, 0.1) is 10.5 Å². The maximum atomic E-state index is 10.7. The number of carboxylic acid groups (broad SMARTS) is 1. The average molecular weight is 300 g/mol. The molecule has 0 fully saturated rings. The van der Waals surface area contributed by atoms with Crippen molar-refractivity contribution in [3.05, 3.63) is 69.8 Å². The number of carboxylic acids is 1. The molecule has 6 nitrogen and oxygen atoms in total. The number of nitrogens with one attached hydrogen (secondary N) is 1. The molecule has 0 atom stereocenters. The number of nitrogens with zero attached hydrogens (tertiary/aromatic N) is 1. The summed E-state index contributed by atoms with van der Waals surface area (Å²) in [6.45, 7) is 0.739. The predicted molar refractivity (Wildman–Crippen MR) is 83.3 cm³/mol. The van der Waals surface area contributed by atoms with Crippen LogP contribution in [0.25, 0.3) is 0 Å². The SMILES string of the molecule is O=C(O)c1ccc(NCCCc2ccc([N+](=O)[O-])cc2)cc1. The molecule has 2 aromatic carbocycles. The summed E-state index contributed by atoms with van der Waals surface area (Å²) in [5.74, 6) is -0.940. The molecule has 2 N–H and O–H groups in total. The third-order valence-corrected chi connectivity index (χ3v) is 3.25. The molecule has 0 spiro atoms. The first-order chi connectivity index (χ1) is 10.6. The Morgan fingerprint density at radius 1 is 1.09 bits per heavy atom. The van der Waals surface area contributed by atoms with Crippen LogP contribution in [-0.2, 0) is 6.42 Å². The molecule has 0 saturated carbocycles. The maximum absolute atomic E-state index is 10.7. The molecule has 6 heteroatoms. The Morgan fingerprint density at radius 2 is 1.73 bits per heavy atom. The van der Waals surface area contributed by atoms with E-state index >= 15 is 0 Å². The molecule has 0 bridgehead atoms. The highest BCUT2D eigenvalue weighted by Gasteiger charge is 2.04. The quantitative estimate of drug-likeness (QED) is 0.465. The average Bonchev–Trinajstić information content (AvgIpc) is 2.52. The molecule has 0 heterocycles. The monoisotopic (exact) mass is 300 g/mol. The van der Waals surface area contributed by atoms with Gasteiger partial charge in [-0.3, -0.25) is 10.1 Å². The number of non-ortho nitro benzene ring substituents is 1. The lowest BCUT2D eigenvalue weighted by atomic mass is 10.1. The van der Waals surface area contributed by atoms with Gasteiger partial charge in [0.2, 0.25) is 0 Å². The maximum Gasteiger partial charge on any atom is 0.335 e. The molecular formula is C16H16N2O4. The van der Waals surface area contributed by atoms with Crippen molar-refractivity contribution in [1.29, 1.82) is 0 Å². The van der Waals surface area contributed by atoms with Crippen molar-refractivity contribution in [3.8, 4) is 0 Å². The Kier molecular flexibility index (Phi) is 5.08. The van der Waals surface area contributed by atoms with Crippen LogP contribution >= 0.6 is 0 Å². The van der Waals surface area contributed by atoms with Crippen molar-refractivity contribution >= 4 is 17.3 Å². The van der Waals surface area contributed by atoms with Crippen molar-refractivity contribution in [2.45, 2.75) is 12.8 Å². The molecule has 2 rings (SSSR count). The minimum Gasteiger partial charge on any atom is -0.478 e. The van der Waals surface area contributed by atoms with Gasteiger partial charge in [-0.2, -0.15) is 0 Å². The smallest absolute Gasteiger partial charge is 0.335 e. The van der Waals surface area contributed by atoms with Gasteiger partial charge in [0.1, 0.15) is 0 Å². The fourth-order valence-corrected chi connectivity index (χ4v) is 2.04. The van der Waals surface area contributed by atoms with Crippen LogP contribution in [-0.4, -0.2) is 22.5 Å². The highest BCUT2D eigenvalue weighted by molar-refractivity contribution is 5.87. The van der Waals surface area contributed by atoms with Gasteiger partial charge in [-0.1, -0.05) is 12.1 Å². The van der Waals surface area contributed by atoms with Crippen LogP contribution in [0.5, 0.6) is 0 Å². The molecule has 114 valence electrons. The first-order valence-corrected chi connectivity index (χ1v) is 6.87. The summed E-state index contributed by atoms with van der Waals surface area (Å²) < 4.78 is 0. The summed E-state index contributed by atoms with van der Waals surface area (Å²) in [5.41, 5.74) is 2.28. The van der Waals surface area contributed by atoms with Crippen LogP contribution in [0.4, 0.5) is 11.4 Å². The zero-order valence-electron chi connectivity index (χ0n) is 11.9. The molecule has 0 aliphatic heterocycles. The Balaban J connectivity index is 1.77. The van der Waals surface area contributed by atoms with Gasteiger partial charge in [0.25, 0.3) is 5.69 Å². The summed E-state index contributed by atoms with van der Waals surface area (Å²) in [6.07, 6.45) is 1.69. The number of rotatable bonds is 7. The number of hydrogen-bond acceptors (Lipinski definition) is 4. The van der Waals surface area contributed by atoms with Crippen LogP contribution in [0.15, 0.2) is 48.5 Å². The summed E-state index contributed by atoms with van der Waals surface area (Å²) >= 11 is 0. The highest BCUT2D eigenvalue weighted by Crippen LogP contribution is 2.14. The molecule has 0 aromatic heterocycles. The van der Waals surface area contributed by atoms with Crippen molar-refractivity contribution in [2.24, 2.45) is 0 Å². The molecule has 0 saturated heterocycles. The zero-order chi connectivity index (χ0) is 15.9.